The van der Waals surface area contributed by atoms with E-state index in [4.69, 9.17) is 0 Å². The van der Waals surface area contributed by atoms with Gasteiger partial charge >= 0.3 is 11.9 Å². The van der Waals surface area contributed by atoms with Crippen molar-refractivity contribution in [3.05, 3.63) is 29.6 Å². The monoisotopic (exact) mass is 245 g/mol. The van der Waals surface area contributed by atoms with Crippen LogP contribution < -0.4 is 4.90 Å². The molecule has 1 aliphatic heterocycles. The lowest BCUT2D eigenvalue weighted by atomic mass is 10.2. The first kappa shape index (κ1) is 11.4. The minimum Gasteiger partial charge on any atom is -0.390 e. The number of rotatable bonds is 1. The van der Waals surface area contributed by atoms with Crippen LogP contribution in [0.25, 0.3) is 0 Å². The Hall–Kier alpha value is -2.05. The number of esters is 2. The molecule has 0 bridgehead atoms. The maximum atomic E-state index is 13.4. The Kier molecular flexibility index (Phi) is 2.74. The van der Waals surface area contributed by atoms with Gasteiger partial charge in [0.25, 0.3) is 0 Å². The maximum absolute atomic E-state index is 13.4. The lowest BCUT2D eigenvalue weighted by Crippen LogP contribution is -2.43. The molecule has 0 spiro atoms. The van der Waals surface area contributed by atoms with E-state index in [1.165, 1.54) is 0 Å². The molecule has 0 unspecified atom stereocenters. The molecule has 1 heterocycles. The Bertz CT molecular complexity index is 488. The Morgan fingerprint density at radius 1 is 1.06 bits per heavy atom. The quantitative estimate of drug-likeness (QED) is 0.420. The van der Waals surface area contributed by atoms with Gasteiger partial charge in [0.2, 0.25) is 0 Å². The van der Waals surface area contributed by atoms with Crippen molar-refractivity contribution in [1.29, 1.82) is 0 Å². The number of hydrogen-bond donors (Lipinski definition) is 0. The second-order valence-corrected chi connectivity index (χ2v) is 3.42. The predicted molar refractivity (Wildman–Crippen MR) is 49.6 cm³/mol. The molecule has 0 N–H and O–H groups in total. The topological polar surface area (TPSA) is 46.6 Å². The average molecular weight is 245 g/mol. The van der Waals surface area contributed by atoms with Gasteiger partial charge in [-0.15, -0.1) is 0 Å². The number of nitrogens with zero attached hydrogens (tertiary/aromatic N) is 1. The summed E-state index contributed by atoms with van der Waals surface area (Å²) in [5.74, 6) is -5.48. The zero-order valence-corrected chi connectivity index (χ0v) is 8.37. The largest absolute Gasteiger partial charge is 0.390 e. The first-order chi connectivity index (χ1) is 7.97. The van der Waals surface area contributed by atoms with Crippen LogP contribution in [0.2, 0.25) is 0 Å². The molecule has 17 heavy (non-hydrogen) atoms. The van der Waals surface area contributed by atoms with Gasteiger partial charge in [-0.2, -0.15) is 0 Å². The van der Waals surface area contributed by atoms with Crippen LogP contribution in [0.4, 0.5) is 18.9 Å². The van der Waals surface area contributed by atoms with Crippen LogP contribution in [-0.2, 0) is 14.3 Å². The fraction of sp³-hybridized carbons (Fsp3) is 0.200. The molecule has 90 valence electrons. The molecule has 1 fully saturated rings. The van der Waals surface area contributed by atoms with Crippen molar-refractivity contribution >= 4 is 17.6 Å². The minimum absolute atomic E-state index is 0.378. The van der Waals surface area contributed by atoms with Crippen LogP contribution in [0.15, 0.2) is 12.1 Å². The number of halogens is 3. The zero-order chi connectivity index (χ0) is 12.6. The van der Waals surface area contributed by atoms with Crippen LogP contribution >= 0.6 is 0 Å². The Morgan fingerprint density at radius 3 is 2.24 bits per heavy atom. The average Bonchev–Trinajstić information content (AvgIpc) is 2.22. The predicted octanol–water partition coefficient (Wildman–Crippen LogP) is 0.994. The lowest BCUT2D eigenvalue weighted by molar-refractivity contribution is -0.160. The van der Waals surface area contributed by atoms with Crippen LogP contribution in [0.5, 0.6) is 0 Å². The van der Waals surface area contributed by atoms with E-state index in [0.717, 1.165) is 4.90 Å². The molecular weight excluding hydrogens is 239 g/mol. The molecule has 7 heteroatoms. The van der Waals surface area contributed by atoms with Gasteiger partial charge in [-0.25, -0.2) is 22.8 Å². The summed E-state index contributed by atoms with van der Waals surface area (Å²) in [4.78, 5) is 22.8. The highest BCUT2D eigenvalue weighted by molar-refractivity contribution is 5.94. The van der Waals surface area contributed by atoms with Gasteiger partial charge in [-0.1, -0.05) is 0 Å². The smallest absolute Gasteiger partial charge is 0.333 e. The maximum Gasteiger partial charge on any atom is 0.333 e. The second kappa shape index (κ2) is 4.08. The summed E-state index contributed by atoms with van der Waals surface area (Å²) >= 11 is 0. The number of cyclic esters (lactones) is 2. The fourth-order valence-corrected chi connectivity index (χ4v) is 1.50. The van der Waals surface area contributed by atoms with Gasteiger partial charge in [-0.3, -0.25) is 0 Å². The molecule has 0 saturated carbocycles. The molecule has 0 radical (unpaired) electrons. The molecule has 4 nitrogen and oxygen atoms in total. The van der Waals surface area contributed by atoms with E-state index in [1.54, 1.807) is 0 Å². The van der Waals surface area contributed by atoms with Crippen molar-refractivity contribution in [2.24, 2.45) is 0 Å². The van der Waals surface area contributed by atoms with Crippen molar-refractivity contribution in [1.82, 2.24) is 0 Å². The molecule has 1 saturated heterocycles. The van der Waals surface area contributed by atoms with Crippen LogP contribution in [-0.4, -0.2) is 25.0 Å². The molecule has 2 rings (SSSR count). The first-order valence-electron chi connectivity index (χ1n) is 4.60. The standard InChI is InChI=1S/C10H6F3NO3/c11-5-1-6(12)10(13)7(2-5)14-3-8(15)17-9(16)4-14/h1-2H,3-4H2. The Balaban J connectivity index is 2.39. The third kappa shape index (κ3) is 2.22. The Morgan fingerprint density at radius 2 is 1.65 bits per heavy atom. The molecule has 0 aromatic heterocycles. The van der Waals surface area contributed by atoms with Crippen LogP contribution in [0.1, 0.15) is 0 Å². The summed E-state index contributed by atoms with van der Waals surface area (Å²) in [6, 6.07) is 1.09. The number of morpholine rings is 1. The molecule has 0 atom stereocenters. The summed E-state index contributed by atoms with van der Waals surface area (Å²) in [5.41, 5.74) is -0.479. The van der Waals surface area contributed by atoms with E-state index in [9.17, 15) is 22.8 Å². The van der Waals surface area contributed by atoms with E-state index in [1.807, 2.05) is 0 Å². The number of benzene rings is 1. The minimum atomic E-state index is -1.38. The fourth-order valence-electron chi connectivity index (χ4n) is 1.50. The van der Waals surface area contributed by atoms with E-state index >= 15 is 0 Å². The lowest BCUT2D eigenvalue weighted by Gasteiger charge is -2.26. The van der Waals surface area contributed by atoms with Crippen molar-refractivity contribution in [3.63, 3.8) is 0 Å². The van der Waals surface area contributed by atoms with Crippen LogP contribution in [0, 0.1) is 17.5 Å². The molecule has 0 aliphatic carbocycles. The van der Waals surface area contributed by atoms with Gasteiger partial charge < -0.3 is 9.64 Å². The van der Waals surface area contributed by atoms with Crippen molar-refractivity contribution in [3.8, 4) is 0 Å². The number of ether oxygens (including phenoxy) is 1. The summed E-state index contributed by atoms with van der Waals surface area (Å²) in [7, 11) is 0. The summed E-state index contributed by atoms with van der Waals surface area (Å²) in [6.07, 6.45) is 0. The third-order valence-corrected chi connectivity index (χ3v) is 2.18. The molecule has 1 aromatic carbocycles. The van der Waals surface area contributed by atoms with Crippen LogP contribution in [0.3, 0.4) is 0 Å². The highest BCUT2D eigenvalue weighted by Crippen LogP contribution is 2.24. The van der Waals surface area contributed by atoms with Gasteiger partial charge in [0, 0.05) is 12.1 Å². The molecule has 1 aromatic rings. The Labute approximate surface area is 93.6 Å². The molecule has 0 amide bonds. The van der Waals surface area contributed by atoms with Gasteiger partial charge in [0.1, 0.15) is 18.9 Å². The number of carbonyl (C=O) groups excluding carboxylic acids is 2. The van der Waals surface area contributed by atoms with Crippen molar-refractivity contribution in [2.45, 2.75) is 0 Å². The third-order valence-electron chi connectivity index (χ3n) is 2.18. The van der Waals surface area contributed by atoms with Crippen molar-refractivity contribution in [2.75, 3.05) is 18.0 Å². The first-order valence-corrected chi connectivity index (χ1v) is 4.60. The number of hydrogen-bond acceptors (Lipinski definition) is 4. The van der Waals surface area contributed by atoms with Crippen molar-refractivity contribution < 1.29 is 27.5 Å². The van der Waals surface area contributed by atoms with E-state index in [-0.39, 0.29) is 0 Å². The zero-order valence-electron chi connectivity index (χ0n) is 8.37. The number of carbonyl (C=O) groups is 2. The molecule has 1 aliphatic rings. The van der Waals surface area contributed by atoms with Gasteiger partial charge in [0.05, 0.1) is 5.69 Å². The highest BCUT2D eigenvalue weighted by Gasteiger charge is 2.28. The summed E-state index contributed by atoms with van der Waals surface area (Å²) in [5, 5.41) is 0. The van der Waals surface area contributed by atoms with E-state index in [0.29, 0.717) is 12.1 Å². The van der Waals surface area contributed by atoms with E-state index in [2.05, 4.69) is 4.74 Å². The second-order valence-electron chi connectivity index (χ2n) is 3.42. The SMILES string of the molecule is O=C1CN(c2cc(F)cc(F)c2F)CC(=O)O1. The number of anilines is 1. The van der Waals surface area contributed by atoms with Gasteiger partial charge in [-0.05, 0) is 0 Å². The highest BCUT2D eigenvalue weighted by atomic mass is 19.2. The van der Waals surface area contributed by atoms with E-state index < -0.39 is 48.2 Å². The normalized spacial score (nSPS) is 16.1. The van der Waals surface area contributed by atoms with Gasteiger partial charge in [0.15, 0.2) is 11.6 Å². The molecular formula is C10H6F3NO3. The summed E-state index contributed by atoms with van der Waals surface area (Å²) < 4.78 is 43.5. The summed E-state index contributed by atoms with van der Waals surface area (Å²) in [6.45, 7) is -0.878.